The van der Waals surface area contributed by atoms with Gasteiger partial charge in [-0.2, -0.15) is 0 Å². The van der Waals surface area contributed by atoms with Crippen LogP contribution in [0, 0.1) is 5.92 Å². The molecule has 0 bridgehead atoms. The summed E-state index contributed by atoms with van der Waals surface area (Å²) in [4.78, 5) is 2.67. The zero-order valence-electron chi connectivity index (χ0n) is 10.9. The van der Waals surface area contributed by atoms with E-state index in [-0.39, 0.29) is 0 Å². The van der Waals surface area contributed by atoms with Crippen LogP contribution in [-0.2, 0) is 0 Å². The van der Waals surface area contributed by atoms with E-state index in [1.807, 2.05) is 0 Å². The van der Waals surface area contributed by atoms with Gasteiger partial charge in [-0.05, 0) is 58.7 Å². The highest BCUT2D eigenvalue weighted by atomic mass is 15.2. The fourth-order valence-corrected chi connectivity index (χ4v) is 2.55. The summed E-state index contributed by atoms with van der Waals surface area (Å²) in [7, 11) is 0. The Balaban J connectivity index is 2.25. The Labute approximate surface area is 95.4 Å². The molecule has 0 aromatic rings. The Bertz CT molecular complexity index is 170. The van der Waals surface area contributed by atoms with Crippen molar-refractivity contribution in [1.29, 1.82) is 0 Å². The number of rotatable bonds is 5. The number of piperidine rings is 1. The van der Waals surface area contributed by atoms with Gasteiger partial charge in [0, 0.05) is 12.1 Å². The van der Waals surface area contributed by atoms with Gasteiger partial charge < -0.3 is 10.2 Å². The van der Waals surface area contributed by atoms with Crippen LogP contribution < -0.4 is 5.32 Å². The van der Waals surface area contributed by atoms with Crippen LogP contribution in [0.15, 0.2) is 0 Å². The second-order valence-electron chi connectivity index (χ2n) is 5.14. The molecule has 2 heteroatoms. The number of likely N-dealkylation sites (tertiary alicyclic amines) is 1. The maximum absolute atomic E-state index is 3.48. The first-order valence-electron chi connectivity index (χ1n) is 6.62. The number of nitrogens with zero attached hydrogens (tertiary/aromatic N) is 1. The SMILES string of the molecule is CCNC(C)CCN1CCCC(C)C1C. The minimum Gasteiger partial charge on any atom is -0.314 e. The lowest BCUT2D eigenvalue weighted by molar-refractivity contribution is 0.109. The molecule has 3 unspecified atom stereocenters. The third-order valence-corrected chi connectivity index (χ3v) is 3.91. The van der Waals surface area contributed by atoms with Crippen molar-refractivity contribution in [3.8, 4) is 0 Å². The lowest BCUT2D eigenvalue weighted by Gasteiger charge is -2.38. The quantitative estimate of drug-likeness (QED) is 0.753. The summed E-state index contributed by atoms with van der Waals surface area (Å²) in [5.74, 6) is 0.883. The van der Waals surface area contributed by atoms with Gasteiger partial charge in [0.25, 0.3) is 0 Å². The van der Waals surface area contributed by atoms with E-state index in [2.05, 4.69) is 37.9 Å². The average Bonchev–Trinajstić information content (AvgIpc) is 2.21. The molecule has 1 aliphatic rings. The molecule has 90 valence electrons. The molecule has 1 saturated heterocycles. The summed E-state index contributed by atoms with van der Waals surface area (Å²) in [6.45, 7) is 12.9. The van der Waals surface area contributed by atoms with E-state index < -0.39 is 0 Å². The van der Waals surface area contributed by atoms with Gasteiger partial charge in [0.2, 0.25) is 0 Å². The fraction of sp³-hybridized carbons (Fsp3) is 1.00. The standard InChI is InChI=1S/C13H28N2/c1-5-14-12(3)8-10-15-9-6-7-11(2)13(15)4/h11-14H,5-10H2,1-4H3. The van der Waals surface area contributed by atoms with Gasteiger partial charge in [-0.25, -0.2) is 0 Å². The normalized spacial score (nSPS) is 30.4. The molecular weight excluding hydrogens is 184 g/mol. The van der Waals surface area contributed by atoms with Crippen LogP contribution in [0.25, 0.3) is 0 Å². The van der Waals surface area contributed by atoms with Crippen LogP contribution in [0.2, 0.25) is 0 Å². The van der Waals surface area contributed by atoms with Gasteiger partial charge in [0.15, 0.2) is 0 Å². The van der Waals surface area contributed by atoms with Crippen molar-refractivity contribution in [2.75, 3.05) is 19.6 Å². The molecule has 1 fully saturated rings. The maximum atomic E-state index is 3.48. The predicted octanol–water partition coefficient (Wildman–Crippen LogP) is 2.49. The Morgan fingerprint density at radius 2 is 2.13 bits per heavy atom. The summed E-state index contributed by atoms with van der Waals surface area (Å²) in [6, 6.07) is 1.45. The second-order valence-corrected chi connectivity index (χ2v) is 5.14. The van der Waals surface area contributed by atoms with Gasteiger partial charge >= 0.3 is 0 Å². The molecule has 3 atom stereocenters. The smallest absolute Gasteiger partial charge is 0.00925 e. The van der Waals surface area contributed by atoms with Crippen LogP contribution in [0.3, 0.4) is 0 Å². The van der Waals surface area contributed by atoms with E-state index in [1.54, 1.807) is 0 Å². The lowest BCUT2D eigenvalue weighted by atomic mass is 9.92. The molecule has 1 N–H and O–H groups in total. The van der Waals surface area contributed by atoms with Gasteiger partial charge in [-0.3, -0.25) is 0 Å². The van der Waals surface area contributed by atoms with Crippen molar-refractivity contribution in [3.63, 3.8) is 0 Å². The molecular formula is C13H28N2. The molecule has 0 aromatic carbocycles. The summed E-state index contributed by atoms with van der Waals surface area (Å²) in [6.07, 6.45) is 4.09. The average molecular weight is 212 g/mol. The number of hydrogen-bond donors (Lipinski definition) is 1. The van der Waals surface area contributed by atoms with Crippen molar-refractivity contribution in [2.45, 2.75) is 59.0 Å². The van der Waals surface area contributed by atoms with Gasteiger partial charge in [0.1, 0.15) is 0 Å². The molecule has 0 radical (unpaired) electrons. The largest absolute Gasteiger partial charge is 0.314 e. The van der Waals surface area contributed by atoms with Crippen molar-refractivity contribution in [3.05, 3.63) is 0 Å². The van der Waals surface area contributed by atoms with Gasteiger partial charge in [-0.1, -0.05) is 13.8 Å². The molecule has 0 amide bonds. The Morgan fingerprint density at radius 3 is 2.80 bits per heavy atom. The third-order valence-electron chi connectivity index (χ3n) is 3.91. The summed E-state index contributed by atoms with van der Waals surface area (Å²) < 4.78 is 0. The summed E-state index contributed by atoms with van der Waals surface area (Å²) in [5.41, 5.74) is 0. The van der Waals surface area contributed by atoms with Gasteiger partial charge in [0.05, 0.1) is 0 Å². The number of nitrogens with one attached hydrogen (secondary N) is 1. The first-order chi connectivity index (χ1) is 7.15. The van der Waals surface area contributed by atoms with E-state index >= 15 is 0 Å². The third kappa shape index (κ3) is 4.12. The van der Waals surface area contributed by atoms with Crippen LogP contribution in [0.1, 0.15) is 47.0 Å². The summed E-state index contributed by atoms with van der Waals surface area (Å²) in [5, 5.41) is 3.48. The van der Waals surface area contributed by atoms with Crippen molar-refractivity contribution >= 4 is 0 Å². The molecule has 1 heterocycles. The minimum absolute atomic E-state index is 0.666. The van der Waals surface area contributed by atoms with Crippen LogP contribution >= 0.6 is 0 Å². The van der Waals surface area contributed by atoms with Crippen LogP contribution in [-0.4, -0.2) is 36.6 Å². The van der Waals surface area contributed by atoms with Crippen LogP contribution in [0.5, 0.6) is 0 Å². The zero-order valence-corrected chi connectivity index (χ0v) is 10.9. The molecule has 0 spiro atoms. The minimum atomic E-state index is 0.666. The van der Waals surface area contributed by atoms with E-state index in [0.717, 1.165) is 18.5 Å². The highest BCUT2D eigenvalue weighted by Crippen LogP contribution is 2.22. The monoisotopic (exact) mass is 212 g/mol. The zero-order chi connectivity index (χ0) is 11.3. The van der Waals surface area contributed by atoms with E-state index in [1.165, 1.54) is 32.4 Å². The topological polar surface area (TPSA) is 15.3 Å². The molecule has 1 aliphatic heterocycles. The summed E-state index contributed by atoms with van der Waals surface area (Å²) >= 11 is 0. The van der Waals surface area contributed by atoms with E-state index in [4.69, 9.17) is 0 Å². The Kier molecular flexibility index (Phi) is 5.62. The van der Waals surface area contributed by atoms with Crippen LogP contribution in [0.4, 0.5) is 0 Å². The predicted molar refractivity (Wildman–Crippen MR) is 67.2 cm³/mol. The van der Waals surface area contributed by atoms with Crippen molar-refractivity contribution < 1.29 is 0 Å². The van der Waals surface area contributed by atoms with E-state index in [0.29, 0.717) is 6.04 Å². The molecule has 15 heavy (non-hydrogen) atoms. The van der Waals surface area contributed by atoms with Crippen molar-refractivity contribution in [2.24, 2.45) is 5.92 Å². The van der Waals surface area contributed by atoms with Gasteiger partial charge in [-0.15, -0.1) is 0 Å². The highest BCUT2D eigenvalue weighted by molar-refractivity contribution is 4.79. The second kappa shape index (κ2) is 6.49. The number of hydrogen-bond acceptors (Lipinski definition) is 2. The molecule has 0 saturated carbocycles. The first kappa shape index (κ1) is 13.0. The maximum Gasteiger partial charge on any atom is 0.00925 e. The molecule has 0 aromatic heterocycles. The van der Waals surface area contributed by atoms with E-state index in [9.17, 15) is 0 Å². The fourth-order valence-electron chi connectivity index (χ4n) is 2.55. The highest BCUT2D eigenvalue weighted by Gasteiger charge is 2.24. The Hall–Kier alpha value is -0.0800. The molecule has 2 nitrogen and oxygen atoms in total. The molecule has 0 aliphatic carbocycles. The van der Waals surface area contributed by atoms with Crippen molar-refractivity contribution in [1.82, 2.24) is 10.2 Å². The first-order valence-corrected chi connectivity index (χ1v) is 6.62. The Morgan fingerprint density at radius 1 is 1.40 bits per heavy atom. The molecule has 1 rings (SSSR count). The lowest BCUT2D eigenvalue weighted by Crippen LogP contribution is -2.44.